The number of rotatable bonds is 4. The number of aromatic hydroxyl groups is 2. The summed E-state index contributed by atoms with van der Waals surface area (Å²) in [5.74, 6) is 0.296. The van der Waals surface area contributed by atoms with Gasteiger partial charge in [0.15, 0.2) is 0 Å². The number of hydrogen-bond donors (Lipinski definition) is 2. The monoisotopic (exact) mass is 348 g/mol. The van der Waals surface area contributed by atoms with Crippen LogP contribution in [0, 0.1) is 22.7 Å². The molecule has 1 fully saturated rings. The van der Waals surface area contributed by atoms with Gasteiger partial charge in [-0.25, -0.2) is 0 Å². The number of benzene rings is 2. The van der Waals surface area contributed by atoms with Crippen molar-refractivity contribution in [3.63, 3.8) is 0 Å². The van der Waals surface area contributed by atoms with E-state index in [0.29, 0.717) is 26.2 Å². The first kappa shape index (κ1) is 17.8. The molecule has 3 rings (SSSR count). The molecule has 0 aliphatic carbocycles. The normalized spacial score (nSPS) is 17.8. The van der Waals surface area contributed by atoms with Gasteiger partial charge in [0.25, 0.3) is 0 Å². The van der Waals surface area contributed by atoms with Crippen LogP contribution in [0.5, 0.6) is 11.5 Å². The van der Waals surface area contributed by atoms with Crippen molar-refractivity contribution in [2.24, 2.45) is 0 Å². The Morgan fingerprint density at radius 2 is 1.12 bits per heavy atom. The van der Waals surface area contributed by atoms with Crippen LogP contribution in [-0.4, -0.2) is 46.2 Å². The Morgan fingerprint density at radius 3 is 1.42 bits per heavy atom. The molecule has 1 heterocycles. The highest BCUT2D eigenvalue weighted by atomic mass is 16.3. The zero-order valence-electron chi connectivity index (χ0n) is 14.3. The fraction of sp³-hybridized carbons (Fsp3) is 0.300. The Balaban J connectivity index is 1.70. The highest BCUT2D eigenvalue weighted by Gasteiger charge is 2.29. The molecule has 26 heavy (non-hydrogen) atoms. The smallest absolute Gasteiger partial charge is 0.124 e. The minimum absolute atomic E-state index is 0.148. The van der Waals surface area contributed by atoms with Crippen molar-refractivity contribution in [3.8, 4) is 23.6 Å². The number of hydrogen-bond acceptors (Lipinski definition) is 6. The molecule has 132 valence electrons. The van der Waals surface area contributed by atoms with Gasteiger partial charge in [-0.1, -0.05) is 24.3 Å². The van der Waals surface area contributed by atoms with E-state index < -0.39 is 12.1 Å². The Kier molecular flexibility index (Phi) is 5.38. The van der Waals surface area contributed by atoms with Crippen LogP contribution < -0.4 is 0 Å². The average molecular weight is 348 g/mol. The Labute approximate surface area is 152 Å². The quantitative estimate of drug-likeness (QED) is 0.882. The largest absolute Gasteiger partial charge is 0.508 e. The molecule has 6 heteroatoms. The molecular weight excluding hydrogens is 328 g/mol. The molecule has 0 amide bonds. The first-order valence-electron chi connectivity index (χ1n) is 8.47. The Hall–Kier alpha value is -3.06. The predicted molar refractivity (Wildman–Crippen MR) is 96.1 cm³/mol. The van der Waals surface area contributed by atoms with Crippen LogP contribution in [0.2, 0.25) is 0 Å². The molecule has 2 N–H and O–H groups in total. The van der Waals surface area contributed by atoms with Crippen molar-refractivity contribution in [2.75, 3.05) is 26.2 Å². The molecule has 0 unspecified atom stereocenters. The van der Waals surface area contributed by atoms with Gasteiger partial charge < -0.3 is 10.2 Å². The van der Waals surface area contributed by atoms with Gasteiger partial charge in [-0.15, -0.1) is 0 Å². The van der Waals surface area contributed by atoms with Crippen LogP contribution in [0.4, 0.5) is 0 Å². The lowest BCUT2D eigenvalue weighted by molar-refractivity contribution is 0.0978. The van der Waals surface area contributed by atoms with E-state index in [0.717, 1.165) is 11.1 Å². The lowest BCUT2D eigenvalue weighted by Crippen LogP contribution is -2.48. The maximum Gasteiger partial charge on any atom is 0.124 e. The molecule has 0 aromatic heterocycles. The molecule has 2 aromatic rings. The zero-order valence-corrected chi connectivity index (χ0v) is 14.3. The summed E-state index contributed by atoms with van der Waals surface area (Å²) in [6.07, 6.45) is 0. The number of phenols is 2. The molecule has 2 atom stereocenters. The fourth-order valence-electron chi connectivity index (χ4n) is 3.38. The number of phenolic OH excluding ortho intramolecular Hbond substituents is 2. The van der Waals surface area contributed by atoms with Crippen molar-refractivity contribution in [1.82, 2.24) is 9.80 Å². The van der Waals surface area contributed by atoms with E-state index in [9.17, 15) is 20.7 Å². The maximum atomic E-state index is 9.66. The summed E-state index contributed by atoms with van der Waals surface area (Å²) in [5.41, 5.74) is 1.54. The van der Waals surface area contributed by atoms with Crippen LogP contribution >= 0.6 is 0 Å². The van der Waals surface area contributed by atoms with Crippen LogP contribution in [0.15, 0.2) is 48.5 Å². The van der Waals surface area contributed by atoms with Gasteiger partial charge >= 0.3 is 0 Å². The first-order valence-corrected chi connectivity index (χ1v) is 8.47. The van der Waals surface area contributed by atoms with E-state index in [1.54, 1.807) is 36.4 Å². The fourth-order valence-corrected chi connectivity index (χ4v) is 3.38. The summed E-state index contributed by atoms with van der Waals surface area (Å²) < 4.78 is 0. The van der Waals surface area contributed by atoms with Crippen LogP contribution in [0.25, 0.3) is 0 Å². The average Bonchev–Trinajstić information content (AvgIpc) is 2.64. The molecule has 6 nitrogen and oxygen atoms in total. The van der Waals surface area contributed by atoms with E-state index in [-0.39, 0.29) is 11.5 Å². The maximum absolute atomic E-state index is 9.66. The van der Waals surface area contributed by atoms with Gasteiger partial charge in [-0.2, -0.15) is 10.5 Å². The molecule has 2 aromatic carbocycles. The molecule has 0 bridgehead atoms. The van der Waals surface area contributed by atoms with Gasteiger partial charge in [-0.3, -0.25) is 9.80 Å². The van der Waals surface area contributed by atoms with E-state index >= 15 is 0 Å². The van der Waals surface area contributed by atoms with E-state index in [4.69, 9.17) is 0 Å². The van der Waals surface area contributed by atoms with Crippen molar-refractivity contribution < 1.29 is 10.2 Å². The SMILES string of the molecule is N#C[C@H](c1cccc(O)c1)N1CCN([C@H](C#N)c2cccc(O)c2)CC1. The highest BCUT2D eigenvalue weighted by molar-refractivity contribution is 5.33. The second-order valence-electron chi connectivity index (χ2n) is 6.33. The van der Waals surface area contributed by atoms with Gasteiger partial charge in [0.2, 0.25) is 0 Å². The lowest BCUT2D eigenvalue weighted by atomic mass is 10.0. The molecular formula is C20H20N4O2. The number of nitrogens with zero attached hydrogens (tertiary/aromatic N) is 4. The summed E-state index contributed by atoms with van der Waals surface area (Å²) in [4.78, 5) is 4.12. The number of nitriles is 2. The third-order valence-electron chi connectivity index (χ3n) is 4.70. The van der Waals surface area contributed by atoms with Gasteiger partial charge in [-0.05, 0) is 35.4 Å². The topological polar surface area (TPSA) is 94.5 Å². The lowest BCUT2D eigenvalue weighted by Gasteiger charge is -2.38. The summed E-state index contributed by atoms with van der Waals surface area (Å²) in [6, 6.07) is 17.3. The summed E-state index contributed by atoms with van der Waals surface area (Å²) in [7, 11) is 0. The standard InChI is InChI=1S/C20H20N4O2/c21-13-19(15-3-1-5-17(25)11-15)23-7-9-24(10-8-23)20(14-22)16-4-2-6-18(26)12-16/h1-6,11-12,19-20,25-26H,7-10H2/t19-,20-/m1/s1. The molecule has 1 saturated heterocycles. The van der Waals surface area contributed by atoms with E-state index in [2.05, 4.69) is 21.9 Å². The van der Waals surface area contributed by atoms with Gasteiger partial charge in [0.05, 0.1) is 12.1 Å². The minimum atomic E-state index is -0.425. The first-order chi connectivity index (χ1) is 12.6. The molecule has 1 aliphatic heterocycles. The Morgan fingerprint density at radius 1 is 0.731 bits per heavy atom. The third kappa shape index (κ3) is 3.78. The Bertz CT molecular complexity index is 776. The molecule has 0 radical (unpaired) electrons. The molecule has 0 spiro atoms. The highest BCUT2D eigenvalue weighted by Crippen LogP contribution is 2.28. The number of piperazine rings is 1. The van der Waals surface area contributed by atoms with Crippen LogP contribution in [0.1, 0.15) is 23.2 Å². The molecule has 1 aliphatic rings. The summed E-state index contributed by atoms with van der Waals surface area (Å²) in [5, 5.41) is 38.5. The predicted octanol–water partition coefficient (Wildman–Crippen LogP) is 2.54. The third-order valence-corrected chi connectivity index (χ3v) is 4.70. The minimum Gasteiger partial charge on any atom is -0.508 e. The van der Waals surface area contributed by atoms with Gasteiger partial charge in [0, 0.05) is 26.2 Å². The van der Waals surface area contributed by atoms with Crippen molar-refractivity contribution >= 4 is 0 Å². The van der Waals surface area contributed by atoms with Gasteiger partial charge in [0.1, 0.15) is 23.6 Å². The summed E-state index contributed by atoms with van der Waals surface area (Å²) in [6.45, 7) is 2.57. The van der Waals surface area contributed by atoms with Crippen molar-refractivity contribution in [1.29, 1.82) is 10.5 Å². The van der Waals surface area contributed by atoms with Crippen molar-refractivity contribution in [2.45, 2.75) is 12.1 Å². The summed E-state index contributed by atoms with van der Waals surface area (Å²) >= 11 is 0. The van der Waals surface area contributed by atoms with E-state index in [1.807, 2.05) is 12.1 Å². The zero-order chi connectivity index (χ0) is 18.5. The van der Waals surface area contributed by atoms with Crippen molar-refractivity contribution in [3.05, 3.63) is 59.7 Å². The molecule has 0 saturated carbocycles. The second kappa shape index (κ2) is 7.88. The van der Waals surface area contributed by atoms with Crippen LogP contribution in [-0.2, 0) is 0 Å². The van der Waals surface area contributed by atoms with Crippen LogP contribution in [0.3, 0.4) is 0 Å². The second-order valence-corrected chi connectivity index (χ2v) is 6.33. The van der Waals surface area contributed by atoms with E-state index in [1.165, 1.54) is 0 Å².